The molecular formula is C17H22N2S. The fourth-order valence-corrected chi connectivity index (χ4v) is 3.77. The molecular weight excluding hydrogens is 264 g/mol. The Bertz CT molecular complexity index is 560. The van der Waals surface area contributed by atoms with Gasteiger partial charge in [0.15, 0.2) is 0 Å². The average Bonchev–Trinajstić information content (AvgIpc) is 2.94. The molecule has 1 heterocycles. The fraction of sp³-hybridized carbons (Fsp3) is 0.471. The molecule has 0 saturated carbocycles. The molecule has 1 aromatic carbocycles. The number of aromatic nitrogens is 1. The number of fused-ring (bicyclic) bond motifs is 1. The fourth-order valence-electron chi connectivity index (χ4n) is 3.15. The molecule has 20 heavy (non-hydrogen) atoms. The predicted octanol–water partition coefficient (Wildman–Crippen LogP) is 3.99. The molecule has 0 aliphatic heterocycles. The summed E-state index contributed by atoms with van der Waals surface area (Å²) in [6.45, 7) is 5.75. The lowest BCUT2D eigenvalue weighted by Gasteiger charge is -2.40. The van der Waals surface area contributed by atoms with Crippen molar-refractivity contribution in [1.82, 2.24) is 10.3 Å². The second-order valence-electron chi connectivity index (χ2n) is 6.25. The maximum atomic E-state index is 4.36. The first-order valence-corrected chi connectivity index (χ1v) is 8.24. The molecule has 1 unspecified atom stereocenters. The van der Waals surface area contributed by atoms with Gasteiger partial charge in [-0.2, -0.15) is 0 Å². The normalized spacial score (nSPS) is 20.6. The monoisotopic (exact) mass is 286 g/mol. The predicted molar refractivity (Wildman–Crippen MR) is 85.1 cm³/mol. The number of hydrogen-bond donors (Lipinski definition) is 1. The average molecular weight is 286 g/mol. The molecule has 0 bridgehead atoms. The maximum absolute atomic E-state index is 4.36. The number of thiazole rings is 1. The third kappa shape index (κ3) is 2.79. The van der Waals surface area contributed by atoms with Crippen LogP contribution >= 0.6 is 11.3 Å². The Kier molecular flexibility index (Phi) is 3.90. The summed E-state index contributed by atoms with van der Waals surface area (Å²) in [5, 5.41) is 7.05. The van der Waals surface area contributed by atoms with Crippen molar-refractivity contribution < 1.29 is 0 Å². The highest BCUT2D eigenvalue weighted by atomic mass is 32.1. The lowest BCUT2D eigenvalue weighted by molar-refractivity contribution is 0.210. The van der Waals surface area contributed by atoms with Crippen LogP contribution in [-0.2, 0) is 12.8 Å². The molecule has 1 N–H and O–H groups in total. The zero-order chi connectivity index (χ0) is 14.0. The van der Waals surface area contributed by atoms with Crippen molar-refractivity contribution in [3.8, 4) is 0 Å². The Morgan fingerprint density at radius 2 is 2.20 bits per heavy atom. The van der Waals surface area contributed by atoms with Gasteiger partial charge in [-0.3, -0.25) is 0 Å². The Morgan fingerprint density at radius 3 is 3.00 bits per heavy atom. The van der Waals surface area contributed by atoms with Gasteiger partial charge in [0.05, 0.1) is 5.01 Å². The first-order valence-electron chi connectivity index (χ1n) is 7.36. The van der Waals surface area contributed by atoms with Crippen LogP contribution in [-0.4, -0.2) is 11.5 Å². The Morgan fingerprint density at radius 1 is 1.35 bits per heavy atom. The van der Waals surface area contributed by atoms with E-state index in [1.165, 1.54) is 29.0 Å². The smallest absolute Gasteiger partial charge is 0.0937 e. The Hall–Kier alpha value is -1.19. The lowest BCUT2D eigenvalue weighted by atomic mass is 9.70. The van der Waals surface area contributed by atoms with E-state index in [4.69, 9.17) is 0 Å². The largest absolute Gasteiger partial charge is 0.309 e. The first kappa shape index (κ1) is 13.8. The zero-order valence-corrected chi connectivity index (χ0v) is 13.0. The van der Waals surface area contributed by atoms with Crippen molar-refractivity contribution >= 4 is 11.3 Å². The van der Waals surface area contributed by atoms with E-state index in [9.17, 15) is 0 Å². The van der Waals surface area contributed by atoms with Crippen LogP contribution in [0.4, 0.5) is 0 Å². The molecule has 2 nitrogen and oxygen atoms in total. The molecule has 1 atom stereocenters. The van der Waals surface area contributed by atoms with E-state index in [1.807, 2.05) is 6.20 Å². The van der Waals surface area contributed by atoms with E-state index in [0.717, 1.165) is 13.0 Å². The van der Waals surface area contributed by atoms with Crippen LogP contribution < -0.4 is 5.32 Å². The molecule has 0 radical (unpaired) electrons. The van der Waals surface area contributed by atoms with Crippen LogP contribution in [0, 0.1) is 5.41 Å². The highest BCUT2D eigenvalue weighted by Gasteiger charge is 2.35. The third-order valence-electron chi connectivity index (χ3n) is 4.36. The Balaban J connectivity index is 1.72. The van der Waals surface area contributed by atoms with Crippen LogP contribution in [0.5, 0.6) is 0 Å². The number of aryl methyl sites for hydroxylation is 1. The quantitative estimate of drug-likeness (QED) is 0.919. The molecule has 0 amide bonds. The maximum Gasteiger partial charge on any atom is 0.0937 e. The van der Waals surface area contributed by atoms with E-state index in [1.54, 1.807) is 11.3 Å². The standard InChI is InChI=1S/C17H22N2S/c1-17(2)9-7-13-5-3-4-6-14(13)16(17)19-10-8-15-18-11-12-20-15/h3-6,11-12,16,19H,7-10H2,1-2H3. The van der Waals surface area contributed by atoms with Crippen LogP contribution in [0.2, 0.25) is 0 Å². The molecule has 3 heteroatoms. The van der Waals surface area contributed by atoms with Gasteiger partial charge in [-0.15, -0.1) is 11.3 Å². The Labute approximate surface area is 125 Å². The van der Waals surface area contributed by atoms with Crippen molar-refractivity contribution in [2.24, 2.45) is 5.41 Å². The van der Waals surface area contributed by atoms with Crippen LogP contribution in [0.25, 0.3) is 0 Å². The first-order chi connectivity index (χ1) is 9.67. The number of rotatable bonds is 4. The molecule has 3 rings (SSSR count). The molecule has 1 aromatic heterocycles. The number of hydrogen-bond acceptors (Lipinski definition) is 3. The van der Waals surface area contributed by atoms with Gasteiger partial charge in [0.1, 0.15) is 0 Å². The second-order valence-corrected chi connectivity index (χ2v) is 7.23. The molecule has 2 aromatic rings. The summed E-state index contributed by atoms with van der Waals surface area (Å²) < 4.78 is 0. The van der Waals surface area contributed by atoms with Gasteiger partial charge in [0, 0.05) is 30.6 Å². The van der Waals surface area contributed by atoms with E-state index in [0.29, 0.717) is 11.5 Å². The number of nitrogens with one attached hydrogen (secondary N) is 1. The summed E-state index contributed by atoms with van der Waals surface area (Å²) in [4.78, 5) is 4.36. The van der Waals surface area contributed by atoms with Crippen LogP contribution in [0.1, 0.15) is 42.4 Å². The zero-order valence-electron chi connectivity index (χ0n) is 12.2. The van der Waals surface area contributed by atoms with Gasteiger partial charge in [-0.1, -0.05) is 38.1 Å². The second kappa shape index (κ2) is 5.66. The van der Waals surface area contributed by atoms with Crippen molar-refractivity contribution in [1.29, 1.82) is 0 Å². The number of benzene rings is 1. The summed E-state index contributed by atoms with van der Waals surface area (Å²) in [7, 11) is 0. The minimum absolute atomic E-state index is 0.317. The van der Waals surface area contributed by atoms with E-state index in [2.05, 4.69) is 53.8 Å². The van der Waals surface area contributed by atoms with Crippen molar-refractivity contribution in [3.63, 3.8) is 0 Å². The third-order valence-corrected chi connectivity index (χ3v) is 5.20. The number of nitrogens with zero attached hydrogens (tertiary/aromatic N) is 1. The summed E-state index contributed by atoms with van der Waals surface area (Å²) in [5.41, 5.74) is 3.32. The highest BCUT2D eigenvalue weighted by molar-refractivity contribution is 7.09. The summed E-state index contributed by atoms with van der Waals surface area (Å²) >= 11 is 1.74. The molecule has 1 aliphatic carbocycles. The summed E-state index contributed by atoms with van der Waals surface area (Å²) in [6.07, 6.45) is 5.36. The van der Waals surface area contributed by atoms with Gasteiger partial charge < -0.3 is 5.32 Å². The lowest BCUT2D eigenvalue weighted by Crippen LogP contribution is -2.39. The van der Waals surface area contributed by atoms with Gasteiger partial charge in [0.2, 0.25) is 0 Å². The minimum Gasteiger partial charge on any atom is -0.309 e. The van der Waals surface area contributed by atoms with Crippen LogP contribution in [0.3, 0.4) is 0 Å². The van der Waals surface area contributed by atoms with Crippen molar-refractivity contribution in [3.05, 3.63) is 52.0 Å². The molecule has 0 fully saturated rings. The van der Waals surface area contributed by atoms with E-state index in [-0.39, 0.29) is 0 Å². The highest BCUT2D eigenvalue weighted by Crippen LogP contribution is 2.43. The molecule has 0 saturated heterocycles. The van der Waals surface area contributed by atoms with E-state index < -0.39 is 0 Å². The van der Waals surface area contributed by atoms with Crippen LogP contribution in [0.15, 0.2) is 35.8 Å². The van der Waals surface area contributed by atoms with Gasteiger partial charge in [-0.25, -0.2) is 4.98 Å². The van der Waals surface area contributed by atoms with Crippen molar-refractivity contribution in [2.75, 3.05) is 6.54 Å². The van der Waals surface area contributed by atoms with Gasteiger partial charge in [0.25, 0.3) is 0 Å². The van der Waals surface area contributed by atoms with Gasteiger partial charge >= 0.3 is 0 Å². The molecule has 0 spiro atoms. The molecule has 106 valence electrons. The van der Waals surface area contributed by atoms with Gasteiger partial charge in [-0.05, 0) is 29.4 Å². The molecule has 1 aliphatic rings. The topological polar surface area (TPSA) is 24.9 Å². The summed E-state index contributed by atoms with van der Waals surface area (Å²) in [5.74, 6) is 0. The summed E-state index contributed by atoms with van der Waals surface area (Å²) in [6, 6.07) is 9.34. The SMILES string of the molecule is CC1(C)CCc2ccccc2C1NCCc1nccs1. The van der Waals surface area contributed by atoms with E-state index >= 15 is 0 Å². The van der Waals surface area contributed by atoms with Crippen molar-refractivity contribution in [2.45, 2.75) is 39.2 Å². The minimum atomic E-state index is 0.317.